The van der Waals surface area contributed by atoms with Gasteiger partial charge in [-0.1, -0.05) is 30.3 Å². The number of amides is 1. The third-order valence-corrected chi connectivity index (χ3v) is 4.97. The molecule has 0 aliphatic carbocycles. The molecule has 3 N–H and O–H groups in total. The normalized spacial score (nSPS) is 11.9. The molecule has 4 aromatic rings. The molecule has 1 amide bonds. The van der Waals surface area contributed by atoms with Crippen molar-refractivity contribution in [3.05, 3.63) is 90.1 Å². The Bertz CT molecular complexity index is 1110. The average molecular weight is 403 g/mol. The van der Waals surface area contributed by atoms with Gasteiger partial charge in [0.05, 0.1) is 0 Å². The largest absolute Gasteiger partial charge is 0.361 e. The van der Waals surface area contributed by atoms with E-state index in [4.69, 9.17) is 0 Å². The molecule has 0 unspecified atom stereocenters. The number of rotatable bonds is 8. The molecule has 6 nitrogen and oxygen atoms in total. The van der Waals surface area contributed by atoms with E-state index in [9.17, 15) is 9.18 Å². The first-order valence-electron chi connectivity index (χ1n) is 9.80. The van der Waals surface area contributed by atoms with Crippen LogP contribution in [-0.2, 0) is 4.79 Å². The van der Waals surface area contributed by atoms with Crippen LogP contribution in [0.5, 0.6) is 0 Å². The maximum absolute atomic E-state index is 13.4. The topological polar surface area (TPSA) is 82.7 Å². The second-order valence-electron chi connectivity index (χ2n) is 6.95. The number of hydrogen-bond donors (Lipinski definition) is 3. The Morgan fingerprint density at radius 2 is 1.80 bits per heavy atom. The fourth-order valence-corrected chi connectivity index (χ4v) is 3.47. The summed E-state index contributed by atoms with van der Waals surface area (Å²) in [6.45, 7) is 0.846. The molecule has 0 aliphatic rings. The Morgan fingerprint density at radius 1 is 1.03 bits per heavy atom. The smallest absolute Gasteiger partial charge is 0.222 e. The number of aromatic nitrogens is 3. The molecule has 152 valence electrons. The van der Waals surface area contributed by atoms with Crippen molar-refractivity contribution in [2.75, 3.05) is 18.4 Å². The van der Waals surface area contributed by atoms with Gasteiger partial charge < -0.3 is 15.6 Å². The van der Waals surface area contributed by atoms with Crippen molar-refractivity contribution in [2.45, 2.75) is 12.3 Å². The van der Waals surface area contributed by atoms with Gasteiger partial charge in [0, 0.05) is 54.9 Å². The van der Waals surface area contributed by atoms with Crippen LogP contribution in [0.3, 0.4) is 0 Å². The van der Waals surface area contributed by atoms with Crippen LogP contribution in [0, 0.1) is 5.82 Å². The van der Waals surface area contributed by atoms with Gasteiger partial charge in [-0.3, -0.25) is 4.79 Å². The standard InChI is InChI=1S/C23H22FN5O/c24-17-8-6-16(7-9-17)19(20-15-28-21-5-2-1-4-18(20)21)14-29-22(30)10-13-27-23-25-11-3-12-26-23/h1-9,11-12,15,19,28H,10,13-14H2,(H,29,30)(H,25,26,27)/t19-/m1/s1. The molecule has 7 heteroatoms. The van der Waals surface area contributed by atoms with Gasteiger partial charge in [-0.25, -0.2) is 14.4 Å². The third kappa shape index (κ3) is 4.63. The molecular formula is C23H22FN5O. The van der Waals surface area contributed by atoms with Crippen molar-refractivity contribution >= 4 is 22.8 Å². The number of halogens is 1. The van der Waals surface area contributed by atoms with Crippen molar-refractivity contribution in [3.8, 4) is 0 Å². The fraction of sp³-hybridized carbons (Fsp3) is 0.174. The lowest BCUT2D eigenvalue weighted by molar-refractivity contribution is -0.120. The Balaban J connectivity index is 1.45. The van der Waals surface area contributed by atoms with Gasteiger partial charge in [0.2, 0.25) is 11.9 Å². The molecule has 0 spiro atoms. The molecule has 2 heterocycles. The molecule has 0 saturated carbocycles. The van der Waals surface area contributed by atoms with E-state index >= 15 is 0 Å². The summed E-state index contributed by atoms with van der Waals surface area (Å²) in [5, 5.41) is 7.12. The number of carbonyl (C=O) groups excluding carboxylic acids is 1. The maximum atomic E-state index is 13.4. The average Bonchev–Trinajstić information content (AvgIpc) is 3.20. The highest BCUT2D eigenvalue weighted by Gasteiger charge is 2.19. The number of anilines is 1. The van der Waals surface area contributed by atoms with E-state index in [2.05, 4.69) is 25.6 Å². The summed E-state index contributed by atoms with van der Waals surface area (Å²) in [6.07, 6.45) is 5.54. The zero-order chi connectivity index (χ0) is 20.8. The van der Waals surface area contributed by atoms with E-state index in [0.29, 0.717) is 25.5 Å². The van der Waals surface area contributed by atoms with Gasteiger partial charge in [0.25, 0.3) is 0 Å². The second kappa shape index (κ2) is 9.17. The molecule has 4 rings (SSSR count). The first kappa shape index (κ1) is 19.6. The maximum Gasteiger partial charge on any atom is 0.222 e. The van der Waals surface area contributed by atoms with Crippen LogP contribution < -0.4 is 10.6 Å². The summed E-state index contributed by atoms with van der Waals surface area (Å²) < 4.78 is 13.4. The highest BCUT2D eigenvalue weighted by molar-refractivity contribution is 5.84. The lowest BCUT2D eigenvalue weighted by Crippen LogP contribution is -2.30. The molecule has 2 aromatic heterocycles. The predicted octanol–water partition coefficient (Wildman–Crippen LogP) is 3.85. The first-order valence-corrected chi connectivity index (χ1v) is 9.80. The molecular weight excluding hydrogens is 381 g/mol. The third-order valence-electron chi connectivity index (χ3n) is 4.97. The summed E-state index contributed by atoms with van der Waals surface area (Å²) in [7, 11) is 0. The zero-order valence-corrected chi connectivity index (χ0v) is 16.3. The SMILES string of the molecule is O=C(CCNc1ncccn1)NC[C@H](c1ccc(F)cc1)c1c[nH]c2ccccc12. The first-order chi connectivity index (χ1) is 14.7. The minimum Gasteiger partial charge on any atom is -0.361 e. The lowest BCUT2D eigenvalue weighted by atomic mass is 9.91. The van der Waals surface area contributed by atoms with E-state index in [0.717, 1.165) is 22.0 Å². The van der Waals surface area contributed by atoms with Gasteiger partial charge >= 0.3 is 0 Å². The van der Waals surface area contributed by atoms with Crippen LogP contribution in [-0.4, -0.2) is 33.9 Å². The van der Waals surface area contributed by atoms with Crippen LogP contribution in [0.2, 0.25) is 0 Å². The van der Waals surface area contributed by atoms with E-state index in [1.165, 1.54) is 12.1 Å². The van der Waals surface area contributed by atoms with Gasteiger partial charge in [-0.15, -0.1) is 0 Å². The van der Waals surface area contributed by atoms with Gasteiger partial charge in [-0.2, -0.15) is 0 Å². The number of benzene rings is 2. The van der Waals surface area contributed by atoms with Crippen LogP contribution in [0.25, 0.3) is 10.9 Å². The number of hydrogen-bond acceptors (Lipinski definition) is 4. The minimum absolute atomic E-state index is 0.0783. The van der Waals surface area contributed by atoms with Gasteiger partial charge in [-0.05, 0) is 35.4 Å². The van der Waals surface area contributed by atoms with Crippen molar-refractivity contribution < 1.29 is 9.18 Å². The number of para-hydroxylation sites is 1. The molecule has 30 heavy (non-hydrogen) atoms. The van der Waals surface area contributed by atoms with E-state index in [-0.39, 0.29) is 17.6 Å². The van der Waals surface area contributed by atoms with Crippen molar-refractivity contribution in [1.29, 1.82) is 0 Å². The number of nitrogens with zero attached hydrogens (tertiary/aromatic N) is 2. The Labute approximate surface area is 173 Å². The van der Waals surface area contributed by atoms with Crippen molar-refractivity contribution in [1.82, 2.24) is 20.3 Å². The number of H-pyrrole nitrogens is 1. The highest BCUT2D eigenvalue weighted by Crippen LogP contribution is 2.30. The van der Waals surface area contributed by atoms with Crippen LogP contribution in [0.4, 0.5) is 10.3 Å². The summed E-state index contributed by atoms with van der Waals surface area (Å²) >= 11 is 0. The fourth-order valence-electron chi connectivity index (χ4n) is 3.47. The second-order valence-corrected chi connectivity index (χ2v) is 6.95. The van der Waals surface area contributed by atoms with Crippen molar-refractivity contribution in [2.24, 2.45) is 0 Å². The zero-order valence-electron chi connectivity index (χ0n) is 16.3. The molecule has 0 bridgehead atoms. The van der Waals surface area contributed by atoms with E-state index in [1.807, 2.05) is 30.5 Å². The van der Waals surface area contributed by atoms with Gasteiger partial charge in [0.15, 0.2) is 0 Å². The Hall–Kier alpha value is -3.74. The summed E-state index contributed by atoms with van der Waals surface area (Å²) in [5.74, 6) is 0.0319. The van der Waals surface area contributed by atoms with Crippen LogP contribution in [0.1, 0.15) is 23.5 Å². The van der Waals surface area contributed by atoms with E-state index in [1.54, 1.807) is 30.6 Å². The molecule has 2 aromatic carbocycles. The Morgan fingerprint density at radius 3 is 2.60 bits per heavy atom. The molecule has 0 aliphatic heterocycles. The molecule has 0 saturated heterocycles. The number of carbonyl (C=O) groups is 1. The number of fused-ring (bicyclic) bond motifs is 1. The lowest BCUT2D eigenvalue weighted by Gasteiger charge is -2.18. The molecule has 0 fully saturated rings. The van der Waals surface area contributed by atoms with E-state index < -0.39 is 0 Å². The highest BCUT2D eigenvalue weighted by atomic mass is 19.1. The predicted molar refractivity (Wildman–Crippen MR) is 115 cm³/mol. The van der Waals surface area contributed by atoms with Crippen LogP contribution in [0.15, 0.2) is 73.2 Å². The Kier molecular flexibility index (Phi) is 5.98. The summed E-state index contributed by atoms with van der Waals surface area (Å²) in [5.41, 5.74) is 3.03. The van der Waals surface area contributed by atoms with Gasteiger partial charge in [0.1, 0.15) is 5.82 Å². The van der Waals surface area contributed by atoms with Crippen LogP contribution >= 0.6 is 0 Å². The van der Waals surface area contributed by atoms with Crippen molar-refractivity contribution in [3.63, 3.8) is 0 Å². The molecule has 1 atom stereocenters. The monoisotopic (exact) mass is 403 g/mol. The summed E-state index contributed by atoms with van der Waals surface area (Å²) in [6, 6.07) is 16.2. The quantitative estimate of drug-likeness (QED) is 0.417. The minimum atomic E-state index is -0.283. The number of aromatic amines is 1. The summed E-state index contributed by atoms with van der Waals surface area (Å²) in [4.78, 5) is 23.8. The number of nitrogens with one attached hydrogen (secondary N) is 3. The molecule has 0 radical (unpaired) electrons.